The first-order chi connectivity index (χ1) is 10.8. The zero-order valence-electron chi connectivity index (χ0n) is 11.9. The quantitative estimate of drug-likeness (QED) is 0.726. The highest BCUT2D eigenvalue weighted by molar-refractivity contribution is 5.79. The minimum Gasteiger partial charge on any atom is -0.367 e. The molecule has 0 saturated heterocycles. The average Bonchev–Trinajstić information content (AvgIpc) is 3.07. The summed E-state index contributed by atoms with van der Waals surface area (Å²) in [6.07, 6.45) is 3.32. The van der Waals surface area contributed by atoms with E-state index < -0.39 is 0 Å². The van der Waals surface area contributed by atoms with Crippen LogP contribution in [0, 0.1) is 0 Å². The van der Waals surface area contributed by atoms with Crippen molar-refractivity contribution < 1.29 is 9.53 Å². The number of rotatable bonds is 5. The lowest BCUT2D eigenvalue weighted by Crippen LogP contribution is -2.17. The molecular formula is C17H15N3O2. The molecule has 0 fully saturated rings. The van der Waals surface area contributed by atoms with Gasteiger partial charge in [0, 0.05) is 12.4 Å². The maximum absolute atomic E-state index is 12.0. The van der Waals surface area contributed by atoms with Gasteiger partial charge in [0.05, 0.1) is 12.3 Å². The van der Waals surface area contributed by atoms with Crippen LogP contribution in [0.5, 0.6) is 0 Å². The van der Waals surface area contributed by atoms with Crippen LogP contribution in [-0.2, 0) is 11.3 Å². The standard InChI is InChI=1S/C17H15N3O2/c21-17(13-22-12-14-6-2-1-3-7-14)20-11-9-16(19-20)15-8-4-5-10-18-15/h1-11H,12-13H2. The third-order valence-corrected chi connectivity index (χ3v) is 3.11. The summed E-state index contributed by atoms with van der Waals surface area (Å²) in [5.41, 5.74) is 2.43. The van der Waals surface area contributed by atoms with Gasteiger partial charge in [-0.15, -0.1) is 0 Å². The van der Waals surface area contributed by atoms with Gasteiger partial charge in [0.15, 0.2) is 0 Å². The van der Waals surface area contributed by atoms with Gasteiger partial charge < -0.3 is 4.74 Å². The van der Waals surface area contributed by atoms with Gasteiger partial charge >= 0.3 is 0 Å². The fraction of sp³-hybridized carbons (Fsp3) is 0.118. The lowest BCUT2D eigenvalue weighted by atomic mass is 10.2. The first kappa shape index (κ1) is 14.2. The zero-order valence-corrected chi connectivity index (χ0v) is 11.9. The molecule has 0 aliphatic carbocycles. The highest BCUT2D eigenvalue weighted by Crippen LogP contribution is 2.12. The van der Waals surface area contributed by atoms with Crippen LogP contribution in [0.3, 0.4) is 0 Å². The molecule has 0 N–H and O–H groups in total. The lowest BCUT2D eigenvalue weighted by Gasteiger charge is -2.03. The van der Waals surface area contributed by atoms with Crippen molar-refractivity contribution in [1.29, 1.82) is 0 Å². The van der Waals surface area contributed by atoms with Gasteiger partial charge in [-0.05, 0) is 23.8 Å². The van der Waals surface area contributed by atoms with Crippen LogP contribution in [0.4, 0.5) is 0 Å². The van der Waals surface area contributed by atoms with Crippen molar-refractivity contribution in [3.8, 4) is 11.4 Å². The molecule has 0 spiro atoms. The predicted molar refractivity (Wildman–Crippen MR) is 82.2 cm³/mol. The van der Waals surface area contributed by atoms with E-state index in [1.165, 1.54) is 4.68 Å². The molecule has 0 bridgehead atoms. The summed E-state index contributed by atoms with van der Waals surface area (Å²) >= 11 is 0. The van der Waals surface area contributed by atoms with E-state index in [9.17, 15) is 4.79 Å². The topological polar surface area (TPSA) is 57.0 Å². The van der Waals surface area contributed by atoms with Gasteiger partial charge in [-0.3, -0.25) is 9.78 Å². The van der Waals surface area contributed by atoms with Gasteiger partial charge in [-0.2, -0.15) is 5.10 Å². The number of hydrogen-bond donors (Lipinski definition) is 0. The van der Waals surface area contributed by atoms with Crippen LogP contribution in [-0.4, -0.2) is 27.3 Å². The second-order valence-corrected chi connectivity index (χ2v) is 4.73. The Hall–Kier alpha value is -2.79. The monoisotopic (exact) mass is 293 g/mol. The van der Waals surface area contributed by atoms with Crippen molar-refractivity contribution in [2.24, 2.45) is 0 Å². The van der Waals surface area contributed by atoms with Crippen LogP contribution in [0.15, 0.2) is 67.0 Å². The summed E-state index contributed by atoms with van der Waals surface area (Å²) < 4.78 is 6.71. The SMILES string of the molecule is O=C(COCc1ccccc1)n1ccc(-c2ccccn2)n1. The Labute approximate surface area is 128 Å². The predicted octanol–water partition coefficient (Wildman–Crippen LogP) is 2.80. The summed E-state index contributed by atoms with van der Waals surface area (Å²) in [6.45, 7) is 0.388. The number of carbonyl (C=O) groups excluding carboxylic acids is 1. The highest BCUT2D eigenvalue weighted by Gasteiger charge is 2.09. The molecule has 5 nitrogen and oxygen atoms in total. The summed E-state index contributed by atoms with van der Waals surface area (Å²) in [5.74, 6) is -0.210. The van der Waals surface area contributed by atoms with Gasteiger partial charge in [-0.1, -0.05) is 36.4 Å². The van der Waals surface area contributed by atoms with Crippen molar-refractivity contribution in [2.45, 2.75) is 6.61 Å². The second kappa shape index (κ2) is 6.78. The van der Waals surface area contributed by atoms with Gasteiger partial charge in [0.1, 0.15) is 12.3 Å². The molecule has 3 aromatic rings. The number of hydrogen-bond acceptors (Lipinski definition) is 4. The van der Waals surface area contributed by atoms with Crippen molar-refractivity contribution >= 4 is 5.91 Å². The van der Waals surface area contributed by atoms with Crippen molar-refractivity contribution in [3.05, 3.63) is 72.6 Å². The minimum absolute atomic E-state index is 0.0156. The largest absolute Gasteiger partial charge is 0.367 e. The fourth-order valence-electron chi connectivity index (χ4n) is 2.01. The molecule has 5 heteroatoms. The van der Waals surface area contributed by atoms with Crippen LogP contribution < -0.4 is 0 Å². The Bertz CT molecular complexity index is 739. The molecule has 0 atom stereocenters. The number of aromatic nitrogens is 3. The van der Waals surface area contributed by atoms with E-state index in [0.29, 0.717) is 12.3 Å². The highest BCUT2D eigenvalue weighted by atomic mass is 16.5. The number of nitrogens with zero attached hydrogens (tertiary/aromatic N) is 3. The van der Waals surface area contributed by atoms with E-state index in [2.05, 4.69) is 10.1 Å². The normalized spacial score (nSPS) is 10.5. The first-order valence-corrected chi connectivity index (χ1v) is 6.95. The number of pyridine rings is 1. The first-order valence-electron chi connectivity index (χ1n) is 6.95. The Kier molecular flexibility index (Phi) is 4.36. The Morgan fingerprint density at radius 2 is 1.82 bits per heavy atom. The fourth-order valence-corrected chi connectivity index (χ4v) is 2.01. The van der Waals surface area contributed by atoms with Crippen molar-refractivity contribution in [3.63, 3.8) is 0 Å². The molecule has 2 aromatic heterocycles. The zero-order chi connectivity index (χ0) is 15.2. The van der Waals surface area contributed by atoms with E-state index in [1.54, 1.807) is 18.5 Å². The molecule has 1 aromatic carbocycles. The average molecular weight is 293 g/mol. The molecule has 0 amide bonds. The van der Waals surface area contributed by atoms with E-state index in [-0.39, 0.29) is 12.5 Å². The molecule has 0 aliphatic rings. The molecule has 0 radical (unpaired) electrons. The molecule has 0 aliphatic heterocycles. The Balaban J connectivity index is 1.58. The third kappa shape index (κ3) is 3.45. The molecule has 3 rings (SSSR count). The number of carbonyl (C=O) groups is 1. The summed E-state index contributed by atoms with van der Waals surface area (Å²) in [6, 6.07) is 17.1. The van der Waals surface area contributed by atoms with Crippen LogP contribution >= 0.6 is 0 Å². The molecule has 110 valence electrons. The van der Waals surface area contributed by atoms with E-state index >= 15 is 0 Å². The second-order valence-electron chi connectivity index (χ2n) is 4.73. The minimum atomic E-state index is -0.210. The number of ether oxygens (including phenoxy) is 1. The maximum atomic E-state index is 12.0. The molecule has 0 unspecified atom stereocenters. The smallest absolute Gasteiger partial charge is 0.272 e. The maximum Gasteiger partial charge on any atom is 0.272 e. The molecular weight excluding hydrogens is 278 g/mol. The number of benzene rings is 1. The lowest BCUT2D eigenvalue weighted by molar-refractivity contribution is 0.0628. The van der Waals surface area contributed by atoms with E-state index in [4.69, 9.17) is 4.74 Å². The van der Waals surface area contributed by atoms with E-state index in [0.717, 1.165) is 11.3 Å². The summed E-state index contributed by atoms with van der Waals surface area (Å²) in [7, 11) is 0. The summed E-state index contributed by atoms with van der Waals surface area (Å²) in [4.78, 5) is 16.2. The summed E-state index contributed by atoms with van der Waals surface area (Å²) in [5, 5.41) is 4.23. The van der Waals surface area contributed by atoms with Crippen LogP contribution in [0.25, 0.3) is 11.4 Å². The molecule has 0 saturated carbocycles. The molecule has 2 heterocycles. The van der Waals surface area contributed by atoms with Crippen molar-refractivity contribution in [1.82, 2.24) is 14.8 Å². The van der Waals surface area contributed by atoms with Gasteiger partial charge in [0.25, 0.3) is 5.91 Å². The Morgan fingerprint density at radius 1 is 1.00 bits per heavy atom. The Morgan fingerprint density at radius 3 is 2.59 bits per heavy atom. The van der Waals surface area contributed by atoms with Crippen molar-refractivity contribution in [2.75, 3.05) is 6.61 Å². The van der Waals surface area contributed by atoms with E-state index in [1.807, 2.05) is 48.5 Å². The van der Waals surface area contributed by atoms with Gasteiger partial charge in [-0.25, -0.2) is 4.68 Å². The third-order valence-electron chi connectivity index (χ3n) is 3.11. The van der Waals surface area contributed by atoms with Crippen LogP contribution in [0.1, 0.15) is 10.4 Å². The van der Waals surface area contributed by atoms with Crippen LogP contribution in [0.2, 0.25) is 0 Å². The molecule has 22 heavy (non-hydrogen) atoms. The van der Waals surface area contributed by atoms with Gasteiger partial charge in [0.2, 0.25) is 0 Å².